The standard InChI is InChI=1S/C13H12BrClN2/c1-2-17(11-6-4-3-5-7-11)13-12(15)8-10(14)9-16-13/h3-9H,2H2,1H3. The molecule has 0 radical (unpaired) electrons. The highest BCUT2D eigenvalue weighted by atomic mass is 79.9. The molecule has 0 saturated heterocycles. The average molecular weight is 312 g/mol. The van der Waals surface area contributed by atoms with Gasteiger partial charge in [0, 0.05) is 22.9 Å². The highest BCUT2D eigenvalue weighted by Gasteiger charge is 2.12. The van der Waals surface area contributed by atoms with Crippen LogP contribution in [0.15, 0.2) is 47.1 Å². The predicted molar refractivity (Wildman–Crippen MR) is 76.1 cm³/mol. The van der Waals surface area contributed by atoms with Gasteiger partial charge in [-0.3, -0.25) is 0 Å². The molecule has 1 heterocycles. The first-order chi connectivity index (χ1) is 8.22. The number of halogens is 2. The summed E-state index contributed by atoms with van der Waals surface area (Å²) in [5.41, 5.74) is 1.09. The van der Waals surface area contributed by atoms with E-state index < -0.39 is 0 Å². The van der Waals surface area contributed by atoms with Crippen molar-refractivity contribution >= 4 is 39.0 Å². The topological polar surface area (TPSA) is 16.1 Å². The lowest BCUT2D eigenvalue weighted by Gasteiger charge is -2.23. The Morgan fingerprint density at radius 3 is 2.59 bits per heavy atom. The van der Waals surface area contributed by atoms with Crippen molar-refractivity contribution in [2.45, 2.75) is 6.92 Å². The number of aromatic nitrogens is 1. The molecule has 0 amide bonds. The Morgan fingerprint density at radius 2 is 2.00 bits per heavy atom. The second-order valence-corrected chi connectivity index (χ2v) is 4.86. The molecule has 0 saturated carbocycles. The number of rotatable bonds is 3. The van der Waals surface area contributed by atoms with Crippen LogP contribution in [0.2, 0.25) is 5.02 Å². The Balaban J connectivity index is 2.42. The van der Waals surface area contributed by atoms with Gasteiger partial charge in [0.25, 0.3) is 0 Å². The van der Waals surface area contributed by atoms with E-state index in [1.54, 1.807) is 6.20 Å². The van der Waals surface area contributed by atoms with Crippen LogP contribution < -0.4 is 4.90 Å². The average Bonchev–Trinajstić information content (AvgIpc) is 2.34. The van der Waals surface area contributed by atoms with Crippen molar-refractivity contribution in [1.82, 2.24) is 4.98 Å². The van der Waals surface area contributed by atoms with E-state index in [0.29, 0.717) is 5.02 Å². The van der Waals surface area contributed by atoms with Gasteiger partial charge in [-0.05, 0) is 41.1 Å². The summed E-state index contributed by atoms with van der Waals surface area (Å²) in [6.07, 6.45) is 1.76. The summed E-state index contributed by atoms with van der Waals surface area (Å²) < 4.78 is 0.885. The van der Waals surface area contributed by atoms with E-state index in [-0.39, 0.29) is 0 Å². The fraction of sp³-hybridized carbons (Fsp3) is 0.154. The highest BCUT2D eigenvalue weighted by Crippen LogP contribution is 2.31. The maximum absolute atomic E-state index is 6.22. The Labute approximate surface area is 114 Å². The molecule has 0 N–H and O–H groups in total. The molecule has 2 aromatic rings. The molecule has 2 nitrogen and oxygen atoms in total. The van der Waals surface area contributed by atoms with Gasteiger partial charge in [0.2, 0.25) is 0 Å². The highest BCUT2D eigenvalue weighted by molar-refractivity contribution is 9.10. The zero-order chi connectivity index (χ0) is 12.3. The lowest BCUT2D eigenvalue weighted by atomic mass is 10.3. The first-order valence-electron chi connectivity index (χ1n) is 5.36. The fourth-order valence-electron chi connectivity index (χ4n) is 1.67. The number of nitrogens with zero attached hydrogens (tertiary/aromatic N) is 2. The molecule has 17 heavy (non-hydrogen) atoms. The van der Waals surface area contributed by atoms with Gasteiger partial charge in [0.1, 0.15) is 0 Å². The van der Waals surface area contributed by atoms with Gasteiger partial charge in [0.15, 0.2) is 5.82 Å². The van der Waals surface area contributed by atoms with E-state index in [2.05, 4.69) is 32.7 Å². The Hall–Kier alpha value is -1.06. The quantitative estimate of drug-likeness (QED) is 0.820. The Morgan fingerprint density at radius 1 is 1.29 bits per heavy atom. The van der Waals surface area contributed by atoms with Crippen LogP contribution in [0.3, 0.4) is 0 Å². The van der Waals surface area contributed by atoms with Crippen LogP contribution in [0, 0.1) is 0 Å². The largest absolute Gasteiger partial charge is 0.325 e. The van der Waals surface area contributed by atoms with Crippen LogP contribution in [-0.4, -0.2) is 11.5 Å². The Bertz CT molecular complexity index is 502. The zero-order valence-electron chi connectivity index (χ0n) is 9.40. The third kappa shape index (κ3) is 2.79. The van der Waals surface area contributed by atoms with Crippen LogP contribution in [0.1, 0.15) is 6.92 Å². The van der Waals surface area contributed by atoms with Crippen LogP contribution in [0.4, 0.5) is 11.5 Å². The van der Waals surface area contributed by atoms with Gasteiger partial charge in [-0.2, -0.15) is 0 Å². The van der Waals surface area contributed by atoms with Crippen molar-refractivity contribution in [3.05, 3.63) is 52.1 Å². The minimum atomic E-state index is 0.644. The monoisotopic (exact) mass is 310 g/mol. The summed E-state index contributed by atoms with van der Waals surface area (Å²) in [4.78, 5) is 6.45. The summed E-state index contributed by atoms with van der Waals surface area (Å²) in [6, 6.07) is 12.0. The molecule has 0 aliphatic rings. The Kier molecular flexibility index (Phi) is 4.02. The molecule has 0 bridgehead atoms. The van der Waals surface area contributed by atoms with E-state index in [0.717, 1.165) is 22.5 Å². The molecular formula is C13H12BrClN2. The molecule has 0 aliphatic carbocycles. The maximum Gasteiger partial charge on any atom is 0.151 e. The van der Waals surface area contributed by atoms with Gasteiger partial charge in [-0.25, -0.2) is 4.98 Å². The lowest BCUT2D eigenvalue weighted by molar-refractivity contribution is 0.989. The molecule has 2 rings (SSSR count). The third-order valence-electron chi connectivity index (χ3n) is 2.43. The number of pyridine rings is 1. The molecule has 0 spiro atoms. The van der Waals surface area contributed by atoms with Crippen molar-refractivity contribution in [2.75, 3.05) is 11.4 Å². The molecule has 0 aliphatic heterocycles. The van der Waals surface area contributed by atoms with Crippen molar-refractivity contribution in [1.29, 1.82) is 0 Å². The summed E-state index contributed by atoms with van der Waals surface area (Å²) >= 11 is 9.58. The van der Waals surface area contributed by atoms with Gasteiger partial charge in [0.05, 0.1) is 5.02 Å². The van der Waals surface area contributed by atoms with Crippen molar-refractivity contribution < 1.29 is 0 Å². The summed E-state index contributed by atoms with van der Waals surface area (Å²) in [5.74, 6) is 0.781. The van der Waals surface area contributed by atoms with Gasteiger partial charge in [-0.1, -0.05) is 29.8 Å². The van der Waals surface area contributed by atoms with E-state index >= 15 is 0 Å². The first kappa shape index (κ1) is 12.4. The minimum Gasteiger partial charge on any atom is -0.325 e. The summed E-state index contributed by atoms with van der Waals surface area (Å²) in [7, 11) is 0. The van der Waals surface area contributed by atoms with E-state index in [9.17, 15) is 0 Å². The molecule has 1 aromatic heterocycles. The normalized spacial score (nSPS) is 10.3. The van der Waals surface area contributed by atoms with E-state index in [1.165, 1.54) is 0 Å². The van der Waals surface area contributed by atoms with Crippen LogP contribution in [0.5, 0.6) is 0 Å². The molecule has 0 unspecified atom stereocenters. The van der Waals surface area contributed by atoms with E-state index in [4.69, 9.17) is 11.6 Å². The predicted octanol–water partition coefficient (Wildman–Crippen LogP) is 4.66. The number of benzene rings is 1. The van der Waals surface area contributed by atoms with Gasteiger partial charge in [-0.15, -0.1) is 0 Å². The second-order valence-electron chi connectivity index (χ2n) is 3.54. The number of anilines is 2. The van der Waals surface area contributed by atoms with Crippen LogP contribution >= 0.6 is 27.5 Å². The second kappa shape index (κ2) is 5.52. The molecule has 1 aromatic carbocycles. The lowest BCUT2D eigenvalue weighted by Crippen LogP contribution is -2.17. The first-order valence-corrected chi connectivity index (χ1v) is 6.53. The molecule has 0 atom stereocenters. The third-order valence-corrected chi connectivity index (χ3v) is 3.14. The van der Waals surface area contributed by atoms with Gasteiger partial charge < -0.3 is 4.90 Å². The van der Waals surface area contributed by atoms with Crippen molar-refractivity contribution in [2.24, 2.45) is 0 Å². The minimum absolute atomic E-state index is 0.644. The smallest absolute Gasteiger partial charge is 0.151 e. The summed E-state index contributed by atoms with van der Waals surface area (Å²) in [5, 5.41) is 0.644. The summed E-state index contributed by atoms with van der Waals surface area (Å²) in [6.45, 7) is 2.89. The number of hydrogen-bond donors (Lipinski definition) is 0. The number of hydrogen-bond acceptors (Lipinski definition) is 2. The molecular weight excluding hydrogens is 300 g/mol. The molecule has 88 valence electrons. The SMILES string of the molecule is CCN(c1ccccc1)c1ncc(Br)cc1Cl. The zero-order valence-corrected chi connectivity index (χ0v) is 11.7. The number of para-hydroxylation sites is 1. The van der Waals surface area contributed by atoms with Gasteiger partial charge >= 0.3 is 0 Å². The maximum atomic E-state index is 6.22. The fourth-order valence-corrected chi connectivity index (χ4v) is 2.40. The van der Waals surface area contributed by atoms with Crippen molar-refractivity contribution in [3.8, 4) is 0 Å². The van der Waals surface area contributed by atoms with Crippen LogP contribution in [-0.2, 0) is 0 Å². The van der Waals surface area contributed by atoms with Crippen LogP contribution in [0.25, 0.3) is 0 Å². The molecule has 0 fully saturated rings. The van der Waals surface area contributed by atoms with E-state index in [1.807, 2.05) is 36.4 Å². The van der Waals surface area contributed by atoms with Crippen molar-refractivity contribution in [3.63, 3.8) is 0 Å². The molecule has 4 heteroatoms.